The van der Waals surface area contributed by atoms with Gasteiger partial charge in [0.1, 0.15) is 18.6 Å². The molecule has 2 aliphatic rings. The Morgan fingerprint density at radius 2 is 1.16 bits per heavy atom. The molecule has 6 N–H and O–H groups in total. The van der Waals surface area contributed by atoms with Crippen molar-refractivity contribution >= 4 is 11.9 Å². The highest BCUT2D eigenvalue weighted by atomic mass is 16.8. The van der Waals surface area contributed by atoms with Gasteiger partial charge in [0.05, 0.1) is 0 Å². The van der Waals surface area contributed by atoms with Crippen LogP contribution in [0.3, 0.4) is 0 Å². The van der Waals surface area contributed by atoms with E-state index in [1.54, 1.807) is 0 Å². The summed E-state index contributed by atoms with van der Waals surface area (Å²) in [6.45, 7) is 0. The van der Waals surface area contributed by atoms with E-state index in [1.165, 1.54) is 0 Å². The maximum absolute atomic E-state index is 11.2. The van der Waals surface area contributed by atoms with Crippen molar-refractivity contribution in [2.24, 2.45) is 0 Å². The first-order valence-electron chi connectivity index (χ1n) is 5.24. The average molecular weight is 280 g/mol. The van der Waals surface area contributed by atoms with Crippen LogP contribution in [0.25, 0.3) is 0 Å². The number of hydrogen-bond acceptors (Lipinski definition) is 10. The minimum absolute atomic E-state index is 0.990. The summed E-state index contributed by atoms with van der Waals surface area (Å²) in [7, 11) is 0. The van der Waals surface area contributed by atoms with Crippen molar-refractivity contribution in [3.05, 3.63) is 0 Å². The normalized spacial score (nSPS) is 50.8. The molecule has 0 unspecified atom stereocenters. The number of aliphatic hydroxyl groups excluding tert-OH is 4. The van der Waals surface area contributed by atoms with Crippen molar-refractivity contribution in [1.29, 1.82) is 0 Å². The molecule has 0 radical (unpaired) electrons. The number of aliphatic hydroxyl groups is 6. The summed E-state index contributed by atoms with van der Waals surface area (Å²) < 4.78 is 8.63. The topological polar surface area (TPSA) is 174 Å². The van der Waals surface area contributed by atoms with Gasteiger partial charge in [0, 0.05) is 0 Å². The number of hydrogen-bond donors (Lipinski definition) is 6. The Kier molecular flexibility index (Phi) is 3.04. The van der Waals surface area contributed by atoms with Crippen LogP contribution in [0.5, 0.6) is 0 Å². The van der Waals surface area contributed by atoms with Crippen molar-refractivity contribution < 1.29 is 49.7 Å². The number of carbonyl (C=O) groups is 2. The highest BCUT2D eigenvalue weighted by Gasteiger charge is 2.73. The number of rotatable bonds is 0. The standard InChI is InChI=1S/C9H12O10/c10-2-1-3(11)19-9(17)7(15)5(13)4(12)6(14)8(9,16)18-2/h4-7,12-17H,1H2/t4-,5-,6-,7+,8-,9+/m1/s1. The largest absolute Gasteiger partial charge is 0.422 e. The van der Waals surface area contributed by atoms with Gasteiger partial charge >= 0.3 is 23.5 Å². The molecule has 0 amide bonds. The molecule has 0 aromatic rings. The Balaban J connectivity index is 2.55. The minimum atomic E-state index is -3.31. The Morgan fingerprint density at radius 1 is 0.842 bits per heavy atom. The highest BCUT2D eigenvalue weighted by Crippen LogP contribution is 2.42. The molecule has 1 heterocycles. The van der Waals surface area contributed by atoms with Crippen LogP contribution in [0, 0.1) is 0 Å². The first kappa shape index (κ1) is 14.1. The number of carbonyl (C=O) groups excluding carboxylic acids is 2. The molecule has 19 heavy (non-hydrogen) atoms. The van der Waals surface area contributed by atoms with Crippen molar-refractivity contribution in [1.82, 2.24) is 0 Å². The van der Waals surface area contributed by atoms with Gasteiger partial charge < -0.3 is 40.1 Å². The summed E-state index contributed by atoms with van der Waals surface area (Å²) in [6, 6.07) is 0. The molecule has 10 nitrogen and oxygen atoms in total. The van der Waals surface area contributed by atoms with Crippen LogP contribution < -0.4 is 0 Å². The van der Waals surface area contributed by atoms with E-state index in [9.17, 15) is 40.2 Å². The van der Waals surface area contributed by atoms with E-state index in [0.29, 0.717) is 0 Å². The fourth-order valence-corrected chi connectivity index (χ4v) is 2.06. The molecule has 0 aromatic carbocycles. The fraction of sp³-hybridized carbons (Fsp3) is 0.778. The van der Waals surface area contributed by atoms with Gasteiger partial charge in [0.2, 0.25) is 0 Å². The van der Waals surface area contributed by atoms with Gasteiger partial charge in [0.25, 0.3) is 0 Å². The predicted molar refractivity (Wildman–Crippen MR) is 50.7 cm³/mol. The molecular formula is C9H12O10. The van der Waals surface area contributed by atoms with Crippen LogP contribution in [-0.4, -0.2) is 78.6 Å². The van der Waals surface area contributed by atoms with E-state index < -0.39 is 54.3 Å². The lowest BCUT2D eigenvalue weighted by Crippen LogP contribution is -2.79. The Hall–Kier alpha value is -1.30. The summed E-state index contributed by atoms with van der Waals surface area (Å²) in [5.74, 6) is -9.32. The van der Waals surface area contributed by atoms with Crippen LogP contribution >= 0.6 is 0 Å². The van der Waals surface area contributed by atoms with Crippen molar-refractivity contribution in [2.75, 3.05) is 0 Å². The molecule has 1 saturated carbocycles. The number of ether oxygens (including phenoxy) is 2. The second-order valence-electron chi connectivity index (χ2n) is 4.39. The average Bonchev–Trinajstić information content (AvgIpc) is 2.40. The van der Waals surface area contributed by atoms with Gasteiger partial charge in [-0.05, 0) is 0 Å². The van der Waals surface area contributed by atoms with E-state index >= 15 is 0 Å². The maximum atomic E-state index is 11.2. The summed E-state index contributed by atoms with van der Waals surface area (Å²) in [5, 5.41) is 58.1. The molecule has 2 fully saturated rings. The fourth-order valence-electron chi connectivity index (χ4n) is 2.06. The van der Waals surface area contributed by atoms with Gasteiger partial charge in [0.15, 0.2) is 12.2 Å². The van der Waals surface area contributed by atoms with Crippen LogP contribution in [0.15, 0.2) is 0 Å². The lowest BCUT2D eigenvalue weighted by atomic mass is 9.79. The SMILES string of the molecule is O=C1CC(=O)O[C@]2(O)[C@H](O)[C@H](O)[C@@H](O)[C@H](O)[C@]2(O)O1. The maximum Gasteiger partial charge on any atom is 0.320 e. The Bertz CT molecular complexity index is 385. The van der Waals surface area contributed by atoms with Gasteiger partial charge in [-0.1, -0.05) is 0 Å². The highest BCUT2D eigenvalue weighted by molar-refractivity contribution is 5.92. The van der Waals surface area contributed by atoms with Gasteiger partial charge in [-0.25, -0.2) is 0 Å². The molecule has 1 aliphatic heterocycles. The summed E-state index contributed by atoms with van der Waals surface area (Å²) in [5.41, 5.74) is 0. The van der Waals surface area contributed by atoms with E-state index in [1.807, 2.05) is 0 Å². The number of fused-ring (bicyclic) bond motifs is 1. The lowest BCUT2D eigenvalue weighted by molar-refractivity contribution is -0.438. The molecule has 0 spiro atoms. The first-order valence-corrected chi connectivity index (χ1v) is 5.24. The van der Waals surface area contributed by atoms with Crippen LogP contribution in [0.4, 0.5) is 0 Å². The number of esters is 2. The van der Waals surface area contributed by atoms with E-state index in [2.05, 4.69) is 9.47 Å². The molecular weight excluding hydrogens is 268 g/mol. The zero-order valence-electron chi connectivity index (χ0n) is 9.33. The van der Waals surface area contributed by atoms with E-state index in [0.717, 1.165) is 0 Å². The smallest absolute Gasteiger partial charge is 0.320 e. The second-order valence-corrected chi connectivity index (χ2v) is 4.39. The molecule has 0 aromatic heterocycles. The third kappa shape index (κ3) is 1.73. The summed E-state index contributed by atoms with van der Waals surface area (Å²) >= 11 is 0. The zero-order valence-corrected chi connectivity index (χ0v) is 9.33. The lowest BCUT2D eigenvalue weighted by Gasteiger charge is -2.50. The van der Waals surface area contributed by atoms with Crippen molar-refractivity contribution in [3.8, 4) is 0 Å². The summed E-state index contributed by atoms with van der Waals surface area (Å²) in [4.78, 5) is 22.4. The van der Waals surface area contributed by atoms with Gasteiger partial charge in [-0.2, -0.15) is 0 Å². The third-order valence-electron chi connectivity index (χ3n) is 3.14. The zero-order chi connectivity index (χ0) is 14.6. The van der Waals surface area contributed by atoms with Crippen molar-refractivity contribution in [3.63, 3.8) is 0 Å². The molecule has 2 rings (SSSR count). The van der Waals surface area contributed by atoms with E-state index in [4.69, 9.17) is 0 Å². The minimum Gasteiger partial charge on any atom is -0.422 e. The Labute approximate surface area is 105 Å². The molecule has 10 heteroatoms. The molecule has 108 valence electrons. The predicted octanol–water partition coefficient (Wildman–Crippen LogP) is -4.69. The second kappa shape index (κ2) is 4.10. The first-order chi connectivity index (χ1) is 8.63. The van der Waals surface area contributed by atoms with Crippen LogP contribution in [0.2, 0.25) is 0 Å². The van der Waals surface area contributed by atoms with Crippen LogP contribution in [-0.2, 0) is 19.1 Å². The third-order valence-corrected chi connectivity index (χ3v) is 3.14. The van der Waals surface area contributed by atoms with Gasteiger partial charge in [-0.15, -0.1) is 0 Å². The molecule has 1 saturated heterocycles. The van der Waals surface area contributed by atoms with Crippen LogP contribution in [0.1, 0.15) is 6.42 Å². The molecule has 6 atom stereocenters. The molecule has 0 bridgehead atoms. The monoisotopic (exact) mass is 280 g/mol. The molecule has 1 aliphatic carbocycles. The quantitative estimate of drug-likeness (QED) is 0.187. The summed E-state index contributed by atoms with van der Waals surface area (Å²) in [6.07, 6.45) is -10.1. The Morgan fingerprint density at radius 3 is 1.47 bits per heavy atom. The van der Waals surface area contributed by atoms with Gasteiger partial charge in [-0.3, -0.25) is 9.59 Å². The van der Waals surface area contributed by atoms with Crippen molar-refractivity contribution in [2.45, 2.75) is 42.4 Å². The van der Waals surface area contributed by atoms with E-state index in [-0.39, 0.29) is 0 Å².